The molecule has 2 N–H and O–H groups in total. The Balaban J connectivity index is 1.89. The molecule has 1 aromatic carbocycles. The lowest BCUT2D eigenvalue weighted by Crippen LogP contribution is -2.28. The van der Waals surface area contributed by atoms with Crippen LogP contribution in [-0.4, -0.2) is 30.5 Å². The van der Waals surface area contributed by atoms with Gasteiger partial charge < -0.3 is 14.7 Å². The summed E-state index contributed by atoms with van der Waals surface area (Å²) >= 11 is 0. The van der Waals surface area contributed by atoms with Gasteiger partial charge in [0.1, 0.15) is 11.1 Å². The molecule has 2 aromatic heterocycles. The Hall–Kier alpha value is -2.94. The summed E-state index contributed by atoms with van der Waals surface area (Å²) in [6, 6.07) is 5.84. The fourth-order valence-electron chi connectivity index (χ4n) is 2.68. The highest BCUT2D eigenvalue weighted by Crippen LogP contribution is 2.22. The topological polar surface area (TPSA) is 122 Å². The minimum Gasteiger partial charge on any atom is -0.442 e. The van der Waals surface area contributed by atoms with Crippen LogP contribution < -0.4 is 10.9 Å². The van der Waals surface area contributed by atoms with Gasteiger partial charge in [-0.15, -0.1) is 0 Å². The maximum Gasteiger partial charge on any atom is 0.262 e. The number of aromatic nitrogens is 2. The SMILES string of the molecule is Cc1oc2nc[nH]c(=O)c2c1C(=O)NC(C)c1ccc(S(C)(=O)=O)cc1. The van der Waals surface area contributed by atoms with Crippen LogP contribution in [0.2, 0.25) is 0 Å². The van der Waals surface area contributed by atoms with Crippen molar-refractivity contribution >= 4 is 26.8 Å². The summed E-state index contributed by atoms with van der Waals surface area (Å²) < 4.78 is 28.4. The zero-order valence-corrected chi connectivity index (χ0v) is 15.2. The second-order valence-electron chi connectivity index (χ2n) is 5.98. The minimum atomic E-state index is -3.28. The number of H-pyrrole nitrogens is 1. The number of aromatic amines is 1. The molecule has 0 bridgehead atoms. The lowest BCUT2D eigenvalue weighted by molar-refractivity contribution is 0.0939. The van der Waals surface area contributed by atoms with Crippen LogP contribution in [0.1, 0.15) is 34.6 Å². The van der Waals surface area contributed by atoms with Gasteiger partial charge in [0.05, 0.1) is 22.8 Å². The number of benzene rings is 1. The summed E-state index contributed by atoms with van der Waals surface area (Å²) in [5.74, 6) is -0.180. The number of sulfone groups is 1. The number of furan rings is 1. The smallest absolute Gasteiger partial charge is 0.262 e. The number of aryl methyl sites for hydroxylation is 1. The number of amides is 1. The lowest BCUT2D eigenvalue weighted by Gasteiger charge is -2.14. The Morgan fingerprint density at radius 2 is 1.92 bits per heavy atom. The molecular formula is C17H17N3O5S. The summed E-state index contributed by atoms with van der Waals surface area (Å²) in [7, 11) is -3.28. The van der Waals surface area contributed by atoms with Crippen molar-refractivity contribution in [2.24, 2.45) is 0 Å². The quantitative estimate of drug-likeness (QED) is 0.716. The van der Waals surface area contributed by atoms with Gasteiger partial charge in [0, 0.05) is 6.26 Å². The summed E-state index contributed by atoms with van der Waals surface area (Å²) in [6.45, 7) is 3.34. The molecule has 8 nitrogen and oxygen atoms in total. The maximum atomic E-state index is 12.7. The van der Waals surface area contributed by atoms with Gasteiger partial charge >= 0.3 is 0 Å². The number of carbonyl (C=O) groups excluding carboxylic acids is 1. The molecule has 0 radical (unpaired) electrons. The molecule has 1 amide bonds. The molecule has 1 atom stereocenters. The van der Waals surface area contributed by atoms with Gasteiger partial charge in [-0.3, -0.25) is 9.59 Å². The van der Waals surface area contributed by atoms with E-state index in [-0.39, 0.29) is 21.6 Å². The standard InChI is InChI=1S/C17H17N3O5S/c1-9(11-4-6-12(7-5-11)26(3,23)24)20-16(22)13-10(2)25-17-14(13)15(21)18-8-19-17/h4-9H,1-3H3,(H,20,22)(H,18,19,21). The van der Waals surface area contributed by atoms with E-state index in [1.807, 2.05) is 0 Å². The van der Waals surface area contributed by atoms with Gasteiger partial charge in [-0.1, -0.05) is 12.1 Å². The molecule has 0 saturated carbocycles. The fourth-order valence-corrected chi connectivity index (χ4v) is 3.31. The Bertz CT molecular complexity index is 1140. The van der Waals surface area contributed by atoms with Crippen molar-refractivity contribution in [2.45, 2.75) is 24.8 Å². The number of nitrogens with zero attached hydrogens (tertiary/aromatic N) is 1. The molecule has 0 aliphatic carbocycles. The second kappa shape index (κ2) is 6.41. The van der Waals surface area contributed by atoms with Crippen molar-refractivity contribution in [1.29, 1.82) is 0 Å². The summed E-state index contributed by atoms with van der Waals surface area (Å²) in [5.41, 5.74) is 0.501. The summed E-state index contributed by atoms with van der Waals surface area (Å²) in [6.07, 6.45) is 2.34. The van der Waals surface area contributed by atoms with Crippen LogP contribution in [-0.2, 0) is 9.84 Å². The third-order valence-corrected chi connectivity index (χ3v) is 5.18. The lowest BCUT2D eigenvalue weighted by atomic mass is 10.1. The second-order valence-corrected chi connectivity index (χ2v) is 8.00. The number of carbonyl (C=O) groups is 1. The van der Waals surface area contributed by atoms with E-state index in [9.17, 15) is 18.0 Å². The first kappa shape index (κ1) is 17.9. The van der Waals surface area contributed by atoms with Crippen molar-refractivity contribution in [3.8, 4) is 0 Å². The average Bonchev–Trinajstić information content (AvgIpc) is 2.91. The van der Waals surface area contributed by atoms with Crippen LogP contribution in [0, 0.1) is 6.92 Å². The Kier molecular flexibility index (Phi) is 4.41. The molecule has 0 fully saturated rings. The maximum absolute atomic E-state index is 12.7. The number of fused-ring (bicyclic) bond motifs is 1. The van der Waals surface area contributed by atoms with Crippen LogP contribution >= 0.6 is 0 Å². The van der Waals surface area contributed by atoms with Gasteiger partial charge in [-0.05, 0) is 31.5 Å². The van der Waals surface area contributed by atoms with E-state index in [1.54, 1.807) is 26.0 Å². The molecule has 9 heteroatoms. The minimum absolute atomic E-state index is 0.0987. The van der Waals surface area contributed by atoms with Crippen LogP contribution in [0.15, 0.2) is 44.7 Å². The molecule has 3 rings (SSSR count). The van der Waals surface area contributed by atoms with E-state index in [0.29, 0.717) is 5.76 Å². The van der Waals surface area contributed by atoms with E-state index in [4.69, 9.17) is 4.42 Å². The van der Waals surface area contributed by atoms with E-state index >= 15 is 0 Å². The predicted molar refractivity (Wildman–Crippen MR) is 94.8 cm³/mol. The normalized spacial score (nSPS) is 12.9. The van der Waals surface area contributed by atoms with Crippen LogP contribution in [0.4, 0.5) is 0 Å². The van der Waals surface area contributed by atoms with Crippen molar-refractivity contribution < 1.29 is 17.6 Å². The molecular weight excluding hydrogens is 358 g/mol. The molecule has 0 aliphatic heterocycles. The first-order chi connectivity index (χ1) is 12.2. The monoisotopic (exact) mass is 375 g/mol. The zero-order valence-electron chi connectivity index (χ0n) is 14.4. The molecule has 136 valence electrons. The molecule has 2 heterocycles. The summed E-state index contributed by atoms with van der Waals surface area (Å²) in [4.78, 5) is 31.2. The number of hydrogen-bond donors (Lipinski definition) is 2. The van der Waals surface area contributed by atoms with Gasteiger partial charge in [0.25, 0.3) is 11.5 Å². The van der Waals surface area contributed by atoms with Crippen molar-refractivity contribution in [3.63, 3.8) is 0 Å². The molecule has 3 aromatic rings. The van der Waals surface area contributed by atoms with E-state index < -0.39 is 27.3 Å². The average molecular weight is 375 g/mol. The Labute approximate surface area is 149 Å². The Morgan fingerprint density at radius 3 is 2.54 bits per heavy atom. The van der Waals surface area contributed by atoms with Crippen LogP contribution in [0.25, 0.3) is 11.1 Å². The third kappa shape index (κ3) is 3.25. The highest BCUT2D eigenvalue weighted by molar-refractivity contribution is 7.90. The van der Waals surface area contributed by atoms with E-state index in [2.05, 4.69) is 15.3 Å². The van der Waals surface area contributed by atoms with E-state index in [0.717, 1.165) is 11.8 Å². The first-order valence-corrected chi connectivity index (χ1v) is 9.65. The number of hydrogen-bond acceptors (Lipinski definition) is 6. The van der Waals surface area contributed by atoms with Gasteiger partial charge in [-0.2, -0.15) is 0 Å². The highest BCUT2D eigenvalue weighted by Gasteiger charge is 2.23. The van der Waals surface area contributed by atoms with E-state index in [1.165, 1.54) is 18.5 Å². The molecule has 0 saturated heterocycles. The largest absolute Gasteiger partial charge is 0.442 e. The molecule has 1 unspecified atom stereocenters. The van der Waals surface area contributed by atoms with Crippen LogP contribution in [0.3, 0.4) is 0 Å². The van der Waals surface area contributed by atoms with Crippen molar-refractivity contribution in [3.05, 3.63) is 57.8 Å². The van der Waals surface area contributed by atoms with Crippen LogP contribution in [0.5, 0.6) is 0 Å². The number of rotatable bonds is 4. The first-order valence-electron chi connectivity index (χ1n) is 7.76. The zero-order chi connectivity index (χ0) is 19.1. The van der Waals surface area contributed by atoms with Gasteiger partial charge in [0.2, 0.25) is 5.71 Å². The molecule has 0 spiro atoms. The Morgan fingerprint density at radius 1 is 1.27 bits per heavy atom. The predicted octanol–water partition coefficient (Wildman–Crippen LogP) is 1.72. The summed E-state index contributed by atoms with van der Waals surface area (Å²) in [5, 5.41) is 2.89. The number of nitrogens with one attached hydrogen (secondary N) is 2. The van der Waals surface area contributed by atoms with Gasteiger partial charge in [0.15, 0.2) is 9.84 Å². The van der Waals surface area contributed by atoms with Crippen molar-refractivity contribution in [1.82, 2.24) is 15.3 Å². The van der Waals surface area contributed by atoms with Crippen molar-refractivity contribution in [2.75, 3.05) is 6.26 Å². The highest BCUT2D eigenvalue weighted by atomic mass is 32.2. The molecule has 26 heavy (non-hydrogen) atoms. The molecule has 0 aliphatic rings. The third-order valence-electron chi connectivity index (χ3n) is 4.05. The fraction of sp³-hybridized carbons (Fsp3) is 0.235. The van der Waals surface area contributed by atoms with Gasteiger partial charge in [-0.25, -0.2) is 13.4 Å².